The molecular weight excluding hydrogens is 286 g/mol. The minimum absolute atomic E-state index is 0.0407. The van der Waals surface area contributed by atoms with Gasteiger partial charge in [-0.25, -0.2) is 0 Å². The summed E-state index contributed by atoms with van der Waals surface area (Å²) in [5.41, 5.74) is 2.23. The molecule has 0 heterocycles. The van der Waals surface area contributed by atoms with Crippen LogP contribution in [0.3, 0.4) is 0 Å². The summed E-state index contributed by atoms with van der Waals surface area (Å²) in [6.07, 6.45) is 8.86. The summed E-state index contributed by atoms with van der Waals surface area (Å²) in [5, 5.41) is 3.23. The van der Waals surface area contributed by atoms with Gasteiger partial charge in [-0.1, -0.05) is 51.2 Å². The maximum Gasteiger partial charge on any atom is 0.261 e. The van der Waals surface area contributed by atoms with Crippen LogP contribution in [0, 0.1) is 13.8 Å². The number of amides is 1. The van der Waals surface area contributed by atoms with Gasteiger partial charge in [0.2, 0.25) is 0 Å². The highest BCUT2D eigenvalue weighted by Gasteiger charge is 2.22. The van der Waals surface area contributed by atoms with Crippen LogP contribution in [0.5, 0.6) is 5.75 Å². The van der Waals surface area contributed by atoms with Crippen LogP contribution in [0.15, 0.2) is 18.2 Å². The molecule has 1 atom stereocenters. The first-order valence-electron chi connectivity index (χ1n) is 9.14. The zero-order chi connectivity index (χ0) is 16.7. The van der Waals surface area contributed by atoms with Crippen molar-refractivity contribution in [1.29, 1.82) is 0 Å². The molecule has 1 aliphatic carbocycles. The highest BCUT2D eigenvalue weighted by atomic mass is 16.5. The van der Waals surface area contributed by atoms with Gasteiger partial charge in [0.15, 0.2) is 6.10 Å². The highest BCUT2D eigenvalue weighted by molar-refractivity contribution is 5.81. The van der Waals surface area contributed by atoms with Crippen LogP contribution in [0.25, 0.3) is 0 Å². The monoisotopic (exact) mass is 317 g/mol. The molecule has 1 aromatic rings. The van der Waals surface area contributed by atoms with E-state index in [-0.39, 0.29) is 5.91 Å². The Balaban J connectivity index is 1.96. The van der Waals surface area contributed by atoms with E-state index in [2.05, 4.69) is 11.4 Å². The minimum Gasteiger partial charge on any atom is -0.480 e. The van der Waals surface area contributed by atoms with Crippen molar-refractivity contribution in [2.75, 3.05) is 0 Å². The summed E-state index contributed by atoms with van der Waals surface area (Å²) >= 11 is 0. The SMILES string of the molecule is CC[C@@H](Oc1cc(C)ccc1C)C(=O)NC1CCCCCCC1. The molecule has 1 saturated carbocycles. The summed E-state index contributed by atoms with van der Waals surface area (Å²) in [6.45, 7) is 6.07. The molecule has 3 heteroatoms. The third-order valence-corrected chi connectivity index (χ3v) is 4.73. The first kappa shape index (κ1) is 17.8. The molecule has 0 spiro atoms. The van der Waals surface area contributed by atoms with Crippen LogP contribution in [0.4, 0.5) is 0 Å². The smallest absolute Gasteiger partial charge is 0.261 e. The molecule has 1 N–H and O–H groups in total. The molecule has 2 rings (SSSR count). The second-order valence-corrected chi connectivity index (χ2v) is 6.83. The van der Waals surface area contributed by atoms with E-state index < -0.39 is 6.10 Å². The molecule has 1 amide bonds. The number of nitrogens with one attached hydrogen (secondary N) is 1. The Morgan fingerprint density at radius 2 is 1.83 bits per heavy atom. The Bertz CT molecular complexity index is 504. The number of hydrogen-bond donors (Lipinski definition) is 1. The van der Waals surface area contributed by atoms with Gasteiger partial charge < -0.3 is 10.1 Å². The van der Waals surface area contributed by atoms with Crippen LogP contribution in [-0.2, 0) is 4.79 Å². The van der Waals surface area contributed by atoms with Crippen molar-refractivity contribution < 1.29 is 9.53 Å². The number of ether oxygens (including phenoxy) is 1. The summed E-state index contributed by atoms with van der Waals surface area (Å²) in [6, 6.07) is 6.45. The quantitative estimate of drug-likeness (QED) is 0.855. The van der Waals surface area contributed by atoms with Crippen LogP contribution >= 0.6 is 0 Å². The lowest BCUT2D eigenvalue weighted by Crippen LogP contribution is -2.43. The molecule has 1 aliphatic rings. The Labute approximate surface area is 140 Å². The van der Waals surface area contributed by atoms with Crippen LogP contribution in [-0.4, -0.2) is 18.1 Å². The standard InChI is InChI=1S/C20H31NO2/c1-4-18(23-19-14-15(2)12-13-16(19)3)20(22)21-17-10-8-6-5-7-9-11-17/h12-14,17-18H,4-11H2,1-3H3,(H,21,22)/t18-/m1/s1. The fraction of sp³-hybridized carbons (Fsp3) is 0.650. The first-order chi connectivity index (χ1) is 11.1. The van der Waals surface area contributed by atoms with Gasteiger partial charge in [-0.15, -0.1) is 0 Å². The third kappa shape index (κ3) is 5.56. The van der Waals surface area contributed by atoms with E-state index in [0.717, 1.165) is 29.7 Å². The van der Waals surface area contributed by atoms with Gasteiger partial charge in [0.25, 0.3) is 5.91 Å². The number of carbonyl (C=O) groups is 1. The van der Waals surface area contributed by atoms with Gasteiger partial charge in [-0.2, -0.15) is 0 Å². The van der Waals surface area contributed by atoms with Crippen molar-refractivity contribution in [2.24, 2.45) is 0 Å². The van der Waals surface area contributed by atoms with Crippen molar-refractivity contribution in [2.45, 2.75) is 84.3 Å². The second kappa shape index (κ2) is 8.95. The number of carbonyl (C=O) groups excluding carboxylic acids is 1. The van der Waals surface area contributed by atoms with Crippen molar-refractivity contribution in [3.05, 3.63) is 29.3 Å². The first-order valence-corrected chi connectivity index (χ1v) is 9.14. The minimum atomic E-state index is -0.402. The van der Waals surface area contributed by atoms with Gasteiger partial charge in [-0.05, 0) is 50.3 Å². The van der Waals surface area contributed by atoms with E-state index in [1.807, 2.05) is 32.9 Å². The Morgan fingerprint density at radius 1 is 1.17 bits per heavy atom. The zero-order valence-corrected chi connectivity index (χ0v) is 14.9. The molecule has 0 bridgehead atoms. The molecule has 0 aliphatic heterocycles. The van der Waals surface area contributed by atoms with Gasteiger partial charge in [0.05, 0.1) is 0 Å². The molecule has 23 heavy (non-hydrogen) atoms. The molecule has 0 saturated heterocycles. The fourth-order valence-electron chi connectivity index (χ4n) is 3.20. The molecule has 0 radical (unpaired) electrons. The maximum atomic E-state index is 12.6. The number of hydrogen-bond acceptors (Lipinski definition) is 2. The number of aryl methyl sites for hydroxylation is 2. The third-order valence-electron chi connectivity index (χ3n) is 4.73. The van der Waals surface area contributed by atoms with Gasteiger partial charge in [0.1, 0.15) is 5.75 Å². The molecule has 1 aromatic carbocycles. The average Bonchev–Trinajstić information content (AvgIpc) is 2.50. The molecule has 1 fully saturated rings. The Morgan fingerprint density at radius 3 is 2.48 bits per heavy atom. The van der Waals surface area contributed by atoms with Crippen LogP contribution in [0.1, 0.15) is 69.4 Å². The average molecular weight is 317 g/mol. The summed E-state index contributed by atoms with van der Waals surface area (Å²) in [7, 11) is 0. The summed E-state index contributed by atoms with van der Waals surface area (Å²) < 4.78 is 6.02. The van der Waals surface area contributed by atoms with E-state index in [9.17, 15) is 4.79 Å². The topological polar surface area (TPSA) is 38.3 Å². The van der Waals surface area contributed by atoms with E-state index >= 15 is 0 Å². The van der Waals surface area contributed by atoms with Gasteiger partial charge in [-0.3, -0.25) is 4.79 Å². The number of benzene rings is 1. The lowest BCUT2D eigenvalue weighted by molar-refractivity contribution is -0.129. The van der Waals surface area contributed by atoms with Crippen LogP contribution < -0.4 is 10.1 Å². The molecular formula is C20H31NO2. The molecule has 0 unspecified atom stereocenters. The lowest BCUT2D eigenvalue weighted by atomic mass is 9.96. The molecule has 128 valence electrons. The normalized spacial score (nSPS) is 17.9. The fourth-order valence-corrected chi connectivity index (χ4v) is 3.20. The summed E-state index contributed by atoms with van der Waals surface area (Å²) in [5.74, 6) is 0.864. The Hall–Kier alpha value is -1.51. The zero-order valence-electron chi connectivity index (χ0n) is 14.9. The second-order valence-electron chi connectivity index (χ2n) is 6.83. The van der Waals surface area contributed by atoms with Crippen molar-refractivity contribution in [3.8, 4) is 5.75 Å². The highest BCUT2D eigenvalue weighted by Crippen LogP contribution is 2.22. The van der Waals surface area contributed by atoms with Crippen molar-refractivity contribution in [3.63, 3.8) is 0 Å². The predicted octanol–water partition coefficient (Wildman–Crippen LogP) is 4.69. The van der Waals surface area contributed by atoms with E-state index in [0.29, 0.717) is 12.5 Å². The van der Waals surface area contributed by atoms with Gasteiger partial charge in [0, 0.05) is 6.04 Å². The largest absolute Gasteiger partial charge is 0.480 e. The van der Waals surface area contributed by atoms with E-state index in [4.69, 9.17) is 4.74 Å². The lowest BCUT2D eigenvalue weighted by Gasteiger charge is -2.24. The Kier molecular flexibility index (Phi) is 6.94. The van der Waals surface area contributed by atoms with Crippen molar-refractivity contribution >= 4 is 5.91 Å². The van der Waals surface area contributed by atoms with E-state index in [1.54, 1.807) is 0 Å². The number of rotatable bonds is 5. The maximum absolute atomic E-state index is 12.6. The van der Waals surface area contributed by atoms with Gasteiger partial charge >= 0.3 is 0 Å². The van der Waals surface area contributed by atoms with Crippen molar-refractivity contribution in [1.82, 2.24) is 5.32 Å². The van der Waals surface area contributed by atoms with E-state index in [1.165, 1.54) is 32.1 Å². The summed E-state index contributed by atoms with van der Waals surface area (Å²) in [4.78, 5) is 12.6. The predicted molar refractivity (Wildman–Crippen MR) is 94.9 cm³/mol. The molecule has 3 nitrogen and oxygen atoms in total. The molecule has 0 aromatic heterocycles. The van der Waals surface area contributed by atoms with Crippen LogP contribution in [0.2, 0.25) is 0 Å².